The zero-order valence-corrected chi connectivity index (χ0v) is 12.0. The van der Waals surface area contributed by atoms with Gasteiger partial charge in [0.15, 0.2) is 0 Å². The van der Waals surface area contributed by atoms with Crippen LogP contribution in [-0.4, -0.2) is 29.0 Å². The van der Waals surface area contributed by atoms with Crippen LogP contribution in [0.25, 0.3) is 0 Å². The van der Waals surface area contributed by atoms with Crippen molar-refractivity contribution in [1.82, 2.24) is 9.97 Å². The van der Waals surface area contributed by atoms with E-state index >= 15 is 0 Å². The Labute approximate surface area is 122 Å². The van der Waals surface area contributed by atoms with E-state index in [-0.39, 0.29) is 17.1 Å². The number of nitrogens with zero attached hydrogens (tertiary/aromatic N) is 2. The smallest absolute Gasteiger partial charge is 0.338 e. The molecular formula is C15H15N3O3. The van der Waals surface area contributed by atoms with Gasteiger partial charge in [-0.1, -0.05) is 12.1 Å². The number of hydrogen-bond donors (Lipinski definition) is 1. The first-order valence-corrected chi connectivity index (χ1v) is 6.32. The number of nitrogens with one attached hydrogen (secondary N) is 1. The average molecular weight is 285 g/mol. The number of rotatable bonds is 3. The lowest BCUT2D eigenvalue weighted by molar-refractivity contribution is 0.0597. The zero-order chi connectivity index (χ0) is 15.4. The number of hydrogen-bond acceptors (Lipinski definition) is 5. The monoisotopic (exact) mass is 285 g/mol. The summed E-state index contributed by atoms with van der Waals surface area (Å²) >= 11 is 0. The summed E-state index contributed by atoms with van der Waals surface area (Å²) in [5.41, 5.74) is 1.91. The molecule has 21 heavy (non-hydrogen) atoms. The molecule has 0 aliphatic rings. The number of anilines is 1. The van der Waals surface area contributed by atoms with Gasteiger partial charge in [0, 0.05) is 11.4 Å². The van der Waals surface area contributed by atoms with E-state index in [4.69, 9.17) is 0 Å². The molecule has 2 aromatic rings. The van der Waals surface area contributed by atoms with Gasteiger partial charge in [-0.3, -0.25) is 10.1 Å². The molecule has 1 aromatic carbocycles. The van der Waals surface area contributed by atoms with Crippen LogP contribution >= 0.6 is 0 Å². The molecule has 0 saturated carbocycles. The molecule has 0 fully saturated rings. The first-order valence-electron chi connectivity index (χ1n) is 6.32. The number of ether oxygens (including phenoxy) is 1. The van der Waals surface area contributed by atoms with Crippen LogP contribution in [0.2, 0.25) is 0 Å². The van der Waals surface area contributed by atoms with Crippen molar-refractivity contribution in [1.29, 1.82) is 0 Å². The number of aromatic nitrogens is 2. The van der Waals surface area contributed by atoms with Gasteiger partial charge in [0.2, 0.25) is 5.95 Å². The maximum Gasteiger partial charge on any atom is 0.338 e. The molecule has 1 aromatic heterocycles. The lowest BCUT2D eigenvalue weighted by Crippen LogP contribution is -2.18. The Balaban J connectivity index is 2.30. The van der Waals surface area contributed by atoms with Gasteiger partial charge < -0.3 is 4.74 Å². The zero-order valence-electron chi connectivity index (χ0n) is 12.0. The van der Waals surface area contributed by atoms with Crippen molar-refractivity contribution in [3.8, 4) is 0 Å². The second-order valence-corrected chi connectivity index (χ2v) is 4.47. The molecule has 0 atom stereocenters. The van der Waals surface area contributed by atoms with Crippen molar-refractivity contribution < 1.29 is 14.3 Å². The fourth-order valence-electron chi connectivity index (χ4n) is 1.92. The third-order valence-electron chi connectivity index (χ3n) is 2.78. The largest absolute Gasteiger partial charge is 0.465 e. The van der Waals surface area contributed by atoms with Crippen LogP contribution in [0.4, 0.5) is 5.95 Å². The molecule has 0 radical (unpaired) electrons. The van der Waals surface area contributed by atoms with E-state index in [1.165, 1.54) is 13.2 Å². The summed E-state index contributed by atoms with van der Waals surface area (Å²) in [7, 11) is 1.27. The van der Waals surface area contributed by atoms with Crippen molar-refractivity contribution in [3.05, 3.63) is 52.8 Å². The molecule has 0 aliphatic heterocycles. The van der Waals surface area contributed by atoms with Gasteiger partial charge in [-0.15, -0.1) is 0 Å². The Kier molecular flexibility index (Phi) is 4.27. The van der Waals surface area contributed by atoms with Crippen molar-refractivity contribution in [2.45, 2.75) is 13.8 Å². The van der Waals surface area contributed by atoms with Crippen LogP contribution in [-0.2, 0) is 4.74 Å². The Hall–Kier alpha value is -2.76. The lowest BCUT2D eigenvalue weighted by Gasteiger charge is -2.08. The van der Waals surface area contributed by atoms with Gasteiger partial charge in [-0.2, -0.15) is 0 Å². The summed E-state index contributed by atoms with van der Waals surface area (Å²) in [4.78, 5) is 32.2. The highest BCUT2D eigenvalue weighted by Crippen LogP contribution is 2.12. The number of benzene rings is 1. The normalized spacial score (nSPS) is 10.0. The molecule has 2 rings (SSSR count). The highest BCUT2D eigenvalue weighted by atomic mass is 16.5. The summed E-state index contributed by atoms with van der Waals surface area (Å²) in [5, 5.41) is 2.59. The first-order chi connectivity index (χ1) is 10.0. The van der Waals surface area contributed by atoms with Gasteiger partial charge >= 0.3 is 5.97 Å². The maximum absolute atomic E-state index is 12.3. The number of aryl methyl sites for hydroxylation is 2. The lowest BCUT2D eigenvalue weighted by atomic mass is 10.1. The van der Waals surface area contributed by atoms with Crippen LogP contribution < -0.4 is 5.32 Å². The molecule has 6 heteroatoms. The van der Waals surface area contributed by atoms with Gasteiger partial charge in [-0.05, 0) is 32.0 Å². The van der Waals surface area contributed by atoms with E-state index in [1.807, 2.05) is 13.8 Å². The third-order valence-corrected chi connectivity index (χ3v) is 2.78. The molecule has 1 N–H and O–H groups in total. The SMILES string of the molecule is COC(=O)c1ccccc1C(=O)Nc1nc(C)cc(C)n1. The third kappa shape index (κ3) is 3.42. The predicted molar refractivity (Wildman–Crippen MR) is 77.2 cm³/mol. The number of esters is 1. The molecule has 0 spiro atoms. The van der Waals surface area contributed by atoms with Gasteiger partial charge in [0.05, 0.1) is 18.2 Å². The maximum atomic E-state index is 12.3. The van der Waals surface area contributed by atoms with Crippen LogP contribution in [0.3, 0.4) is 0 Å². The van der Waals surface area contributed by atoms with Crippen LogP contribution in [0.15, 0.2) is 30.3 Å². The average Bonchev–Trinajstić information content (AvgIpc) is 2.45. The van der Waals surface area contributed by atoms with E-state index in [2.05, 4.69) is 20.0 Å². The number of carbonyl (C=O) groups excluding carboxylic acids is 2. The highest BCUT2D eigenvalue weighted by molar-refractivity contribution is 6.10. The van der Waals surface area contributed by atoms with E-state index in [0.717, 1.165) is 11.4 Å². The molecule has 1 amide bonds. The molecule has 1 heterocycles. The van der Waals surface area contributed by atoms with Crippen molar-refractivity contribution >= 4 is 17.8 Å². The van der Waals surface area contributed by atoms with Crippen LogP contribution in [0.1, 0.15) is 32.1 Å². The summed E-state index contributed by atoms with van der Waals surface area (Å²) in [6.07, 6.45) is 0. The topological polar surface area (TPSA) is 81.2 Å². The second-order valence-electron chi connectivity index (χ2n) is 4.47. The van der Waals surface area contributed by atoms with Gasteiger partial charge in [0.25, 0.3) is 5.91 Å². The van der Waals surface area contributed by atoms with Crippen LogP contribution in [0, 0.1) is 13.8 Å². The van der Waals surface area contributed by atoms with Crippen molar-refractivity contribution in [3.63, 3.8) is 0 Å². The summed E-state index contributed by atoms with van der Waals surface area (Å²) in [6, 6.07) is 8.21. The first kappa shape index (κ1) is 14.6. The molecule has 0 bridgehead atoms. The predicted octanol–water partition coefficient (Wildman–Crippen LogP) is 2.13. The van der Waals surface area contributed by atoms with E-state index in [0.29, 0.717) is 0 Å². The minimum atomic E-state index is -0.568. The fraction of sp³-hybridized carbons (Fsp3) is 0.200. The van der Waals surface area contributed by atoms with Crippen molar-refractivity contribution in [2.24, 2.45) is 0 Å². The minimum absolute atomic E-state index is 0.196. The van der Waals surface area contributed by atoms with Gasteiger partial charge in [0.1, 0.15) is 0 Å². The summed E-state index contributed by atoms with van der Waals surface area (Å²) in [5.74, 6) is -0.819. The standard InChI is InChI=1S/C15H15N3O3/c1-9-8-10(2)17-15(16-9)18-13(19)11-6-4-5-7-12(11)14(20)21-3/h4-8H,1-3H3,(H,16,17,18,19). The number of carbonyl (C=O) groups is 2. The molecule has 0 unspecified atom stereocenters. The molecule has 0 saturated heterocycles. The molecule has 108 valence electrons. The Bertz CT molecular complexity index is 678. The quantitative estimate of drug-likeness (QED) is 0.874. The van der Waals surface area contributed by atoms with E-state index < -0.39 is 11.9 Å². The summed E-state index contributed by atoms with van der Waals surface area (Å²) < 4.78 is 4.67. The molecule has 6 nitrogen and oxygen atoms in total. The Morgan fingerprint density at radius 1 is 1.05 bits per heavy atom. The number of methoxy groups -OCH3 is 1. The molecular weight excluding hydrogens is 270 g/mol. The minimum Gasteiger partial charge on any atom is -0.465 e. The van der Waals surface area contributed by atoms with Gasteiger partial charge in [-0.25, -0.2) is 14.8 Å². The van der Waals surface area contributed by atoms with Crippen molar-refractivity contribution in [2.75, 3.05) is 12.4 Å². The Morgan fingerprint density at radius 3 is 2.19 bits per heavy atom. The van der Waals surface area contributed by atoms with E-state index in [9.17, 15) is 9.59 Å². The summed E-state index contributed by atoms with van der Waals surface area (Å²) in [6.45, 7) is 3.62. The fourth-order valence-corrected chi connectivity index (χ4v) is 1.92. The second kappa shape index (κ2) is 6.13. The van der Waals surface area contributed by atoms with Crippen LogP contribution in [0.5, 0.6) is 0 Å². The molecule has 0 aliphatic carbocycles. The highest BCUT2D eigenvalue weighted by Gasteiger charge is 2.17. The Morgan fingerprint density at radius 2 is 1.62 bits per heavy atom. The van der Waals surface area contributed by atoms with E-state index in [1.54, 1.807) is 24.3 Å². The number of amides is 1.